The van der Waals surface area contributed by atoms with E-state index in [1.165, 1.54) is 0 Å². The molecule has 0 radical (unpaired) electrons. The van der Waals surface area contributed by atoms with Crippen LogP contribution < -0.4 is 10.9 Å². The molecule has 0 spiro atoms. The van der Waals surface area contributed by atoms with Gasteiger partial charge in [0.1, 0.15) is 11.4 Å². The van der Waals surface area contributed by atoms with E-state index in [9.17, 15) is 9.59 Å². The highest BCUT2D eigenvalue weighted by Crippen LogP contribution is 2.29. The van der Waals surface area contributed by atoms with Crippen LogP contribution in [0.4, 0.5) is 5.69 Å². The van der Waals surface area contributed by atoms with E-state index in [0.29, 0.717) is 11.2 Å². The second-order valence-electron chi connectivity index (χ2n) is 7.32. The van der Waals surface area contributed by atoms with Crippen LogP contribution in [-0.4, -0.2) is 28.2 Å². The topological polar surface area (TPSA) is 77.6 Å². The third-order valence-electron chi connectivity index (χ3n) is 5.35. The monoisotopic (exact) mass is 384 g/mol. The molecule has 1 amide bonds. The number of pyridine rings is 1. The Morgan fingerprint density at radius 3 is 2.93 bits per heavy atom. The summed E-state index contributed by atoms with van der Waals surface area (Å²) >= 11 is 0. The number of H-pyrrole nitrogens is 1. The number of fused-ring (bicyclic) bond motifs is 2. The molecule has 3 heterocycles. The van der Waals surface area contributed by atoms with Gasteiger partial charge < -0.3 is 15.2 Å². The predicted octanol–water partition coefficient (Wildman–Crippen LogP) is 3.84. The van der Waals surface area contributed by atoms with E-state index in [4.69, 9.17) is 4.99 Å². The Hall–Kier alpha value is -3.67. The van der Waals surface area contributed by atoms with Crippen LogP contribution in [0.5, 0.6) is 0 Å². The van der Waals surface area contributed by atoms with Gasteiger partial charge in [0.05, 0.1) is 12.6 Å². The maximum Gasteiger partial charge on any atom is 0.261 e. The van der Waals surface area contributed by atoms with Crippen LogP contribution in [0, 0.1) is 0 Å². The number of aromatic nitrogens is 1. The molecule has 0 bridgehead atoms. The van der Waals surface area contributed by atoms with E-state index in [1.807, 2.05) is 48.5 Å². The number of benzene rings is 2. The molecule has 29 heavy (non-hydrogen) atoms. The maximum absolute atomic E-state index is 12.7. The van der Waals surface area contributed by atoms with Gasteiger partial charge in [-0.25, -0.2) is 0 Å². The summed E-state index contributed by atoms with van der Waals surface area (Å²) in [5.41, 5.74) is 2.11. The third kappa shape index (κ3) is 3.33. The van der Waals surface area contributed by atoms with Crippen LogP contribution in [0.25, 0.3) is 10.9 Å². The van der Waals surface area contributed by atoms with Gasteiger partial charge in [-0.1, -0.05) is 36.4 Å². The summed E-state index contributed by atoms with van der Waals surface area (Å²) in [6.45, 7) is 0.813. The molecule has 1 atom stereocenters. The van der Waals surface area contributed by atoms with Gasteiger partial charge in [0.2, 0.25) is 0 Å². The van der Waals surface area contributed by atoms with Crippen molar-refractivity contribution in [3.63, 3.8) is 0 Å². The van der Waals surface area contributed by atoms with Gasteiger partial charge in [-0.3, -0.25) is 14.6 Å². The number of rotatable bonds is 3. The smallest absolute Gasteiger partial charge is 0.261 e. The fourth-order valence-corrected chi connectivity index (χ4v) is 3.87. The van der Waals surface area contributed by atoms with Crippen molar-refractivity contribution >= 4 is 28.3 Å². The SMILES string of the molecule is O=C(Nc1cccc(C2CN3C=CCCC3=N2)c1)c1cc2ccccc2[nH]c1=O. The Morgan fingerprint density at radius 1 is 1.14 bits per heavy atom. The van der Waals surface area contributed by atoms with Gasteiger partial charge in [0, 0.05) is 23.8 Å². The lowest BCUT2D eigenvalue weighted by molar-refractivity contribution is 0.102. The molecule has 6 heteroatoms. The van der Waals surface area contributed by atoms with Crippen molar-refractivity contribution in [1.82, 2.24) is 9.88 Å². The first kappa shape index (κ1) is 17.4. The van der Waals surface area contributed by atoms with Crippen molar-refractivity contribution in [1.29, 1.82) is 0 Å². The van der Waals surface area contributed by atoms with Gasteiger partial charge in [-0.05, 0) is 41.6 Å². The number of carbonyl (C=O) groups excluding carboxylic acids is 1. The molecular weight excluding hydrogens is 364 g/mol. The number of aliphatic imine (C=N–C) groups is 1. The number of amides is 1. The molecule has 2 aliphatic rings. The van der Waals surface area contributed by atoms with E-state index in [-0.39, 0.29) is 11.6 Å². The summed E-state index contributed by atoms with van der Waals surface area (Å²) < 4.78 is 0. The first-order valence-electron chi connectivity index (χ1n) is 9.71. The first-order valence-corrected chi connectivity index (χ1v) is 9.71. The molecule has 2 aromatic carbocycles. The average molecular weight is 384 g/mol. The van der Waals surface area contributed by atoms with Crippen LogP contribution in [0.15, 0.2) is 76.7 Å². The zero-order valence-corrected chi connectivity index (χ0v) is 15.8. The standard InChI is InChI=1S/C23H20N4O2/c28-22(18-13-16-6-1-2-9-19(16)26-23(18)29)24-17-8-5-7-15(12-17)20-14-27-11-4-3-10-21(27)25-20/h1-2,4-9,11-13,20H,3,10,14H2,(H,24,28)(H,26,29). The average Bonchev–Trinajstić information content (AvgIpc) is 3.18. The van der Waals surface area contributed by atoms with Gasteiger partial charge in [-0.2, -0.15) is 0 Å². The number of allylic oxidation sites excluding steroid dienone is 1. The molecule has 0 saturated heterocycles. The Balaban J connectivity index is 1.39. The van der Waals surface area contributed by atoms with Crippen molar-refractivity contribution in [2.24, 2.45) is 4.99 Å². The minimum absolute atomic E-state index is 0.0497. The van der Waals surface area contributed by atoms with E-state index in [0.717, 1.165) is 36.2 Å². The fourth-order valence-electron chi connectivity index (χ4n) is 3.87. The zero-order valence-electron chi connectivity index (χ0n) is 15.8. The van der Waals surface area contributed by atoms with Crippen molar-refractivity contribution in [2.45, 2.75) is 18.9 Å². The summed E-state index contributed by atoms with van der Waals surface area (Å²) in [7, 11) is 0. The van der Waals surface area contributed by atoms with Crippen molar-refractivity contribution in [3.05, 3.63) is 88.4 Å². The van der Waals surface area contributed by atoms with Gasteiger partial charge in [-0.15, -0.1) is 0 Å². The van der Waals surface area contributed by atoms with Crippen LogP contribution in [0.1, 0.15) is 34.8 Å². The normalized spacial score (nSPS) is 17.9. The van der Waals surface area contributed by atoms with Gasteiger partial charge in [0.25, 0.3) is 11.5 Å². The molecule has 144 valence electrons. The fraction of sp³-hybridized carbons (Fsp3) is 0.174. The van der Waals surface area contributed by atoms with E-state index >= 15 is 0 Å². The number of carbonyl (C=O) groups is 1. The summed E-state index contributed by atoms with van der Waals surface area (Å²) in [5.74, 6) is 0.696. The highest BCUT2D eigenvalue weighted by molar-refractivity contribution is 6.05. The summed E-state index contributed by atoms with van der Waals surface area (Å²) in [6.07, 6.45) is 6.26. The predicted molar refractivity (Wildman–Crippen MR) is 114 cm³/mol. The lowest BCUT2D eigenvalue weighted by atomic mass is 10.1. The number of hydrogen-bond donors (Lipinski definition) is 2. The molecule has 5 rings (SSSR count). The largest absolute Gasteiger partial charge is 0.335 e. The molecule has 0 fully saturated rings. The molecule has 0 aliphatic carbocycles. The Kier molecular flexibility index (Phi) is 4.24. The molecule has 0 saturated carbocycles. The number of amidine groups is 1. The van der Waals surface area contributed by atoms with Gasteiger partial charge in [0.15, 0.2) is 0 Å². The Labute approximate surface area is 167 Å². The summed E-state index contributed by atoms with van der Waals surface area (Å²) in [4.78, 5) is 34.9. The van der Waals surface area contributed by atoms with Crippen molar-refractivity contribution in [3.8, 4) is 0 Å². The maximum atomic E-state index is 12.7. The number of nitrogens with zero attached hydrogens (tertiary/aromatic N) is 2. The van der Waals surface area contributed by atoms with E-state index in [1.54, 1.807) is 6.07 Å². The van der Waals surface area contributed by atoms with Crippen LogP contribution in [0.2, 0.25) is 0 Å². The van der Waals surface area contributed by atoms with Crippen LogP contribution >= 0.6 is 0 Å². The quantitative estimate of drug-likeness (QED) is 0.720. The van der Waals surface area contributed by atoms with Gasteiger partial charge >= 0.3 is 0 Å². The lowest BCUT2D eigenvalue weighted by Gasteiger charge is -2.19. The Morgan fingerprint density at radius 2 is 2.03 bits per heavy atom. The van der Waals surface area contributed by atoms with Crippen LogP contribution in [0.3, 0.4) is 0 Å². The summed E-state index contributed by atoms with van der Waals surface area (Å²) in [6, 6.07) is 16.8. The molecule has 1 aromatic heterocycles. The number of nitrogens with one attached hydrogen (secondary N) is 2. The third-order valence-corrected chi connectivity index (χ3v) is 5.35. The highest BCUT2D eigenvalue weighted by Gasteiger charge is 2.26. The number of aromatic amines is 1. The zero-order chi connectivity index (χ0) is 19.8. The Bertz CT molecular complexity index is 1220. The minimum Gasteiger partial charge on any atom is -0.335 e. The highest BCUT2D eigenvalue weighted by atomic mass is 16.2. The number of hydrogen-bond acceptors (Lipinski definition) is 4. The number of anilines is 1. The molecule has 2 aliphatic heterocycles. The van der Waals surface area contributed by atoms with Crippen molar-refractivity contribution < 1.29 is 4.79 Å². The minimum atomic E-state index is -0.424. The summed E-state index contributed by atoms with van der Waals surface area (Å²) in [5, 5.41) is 3.67. The van der Waals surface area contributed by atoms with E-state index < -0.39 is 11.5 Å². The van der Waals surface area contributed by atoms with Crippen molar-refractivity contribution in [2.75, 3.05) is 11.9 Å². The molecular formula is C23H20N4O2. The molecule has 1 unspecified atom stereocenters. The second-order valence-corrected chi connectivity index (χ2v) is 7.32. The molecule has 2 N–H and O–H groups in total. The second kappa shape index (κ2) is 7.05. The molecule has 3 aromatic rings. The lowest BCUT2D eigenvalue weighted by Crippen LogP contribution is -2.24. The number of para-hydroxylation sites is 1. The first-order chi connectivity index (χ1) is 14.2. The van der Waals surface area contributed by atoms with Crippen LogP contribution in [-0.2, 0) is 0 Å². The van der Waals surface area contributed by atoms with E-state index in [2.05, 4.69) is 27.5 Å². The molecule has 6 nitrogen and oxygen atoms in total.